The number of nitrogens with zero attached hydrogens (tertiary/aromatic N) is 1. The van der Waals surface area contributed by atoms with Gasteiger partial charge >= 0.3 is 0 Å². The van der Waals surface area contributed by atoms with Crippen molar-refractivity contribution >= 4 is 5.91 Å². The van der Waals surface area contributed by atoms with Crippen molar-refractivity contribution in [3.8, 4) is 0 Å². The molecule has 1 aliphatic rings. The molecular formula is C23H30N2O. The number of carbonyl (C=O) groups excluding carboxylic acids is 1. The van der Waals surface area contributed by atoms with E-state index in [-0.39, 0.29) is 5.91 Å². The molecule has 3 heteroatoms. The zero-order chi connectivity index (χ0) is 18.4. The van der Waals surface area contributed by atoms with Crippen LogP contribution in [0.25, 0.3) is 0 Å². The van der Waals surface area contributed by atoms with Crippen LogP contribution in [0.1, 0.15) is 54.1 Å². The van der Waals surface area contributed by atoms with E-state index in [1.165, 1.54) is 37.1 Å². The summed E-state index contributed by atoms with van der Waals surface area (Å²) in [5, 5.41) is 3.05. The Labute approximate surface area is 157 Å². The monoisotopic (exact) mass is 350 g/mol. The maximum atomic E-state index is 12.4. The molecule has 1 atom stereocenters. The Morgan fingerprint density at radius 1 is 1.08 bits per heavy atom. The van der Waals surface area contributed by atoms with Crippen molar-refractivity contribution in [2.45, 2.75) is 39.2 Å². The average Bonchev–Trinajstić information content (AvgIpc) is 2.69. The Morgan fingerprint density at radius 3 is 2.38 bits per heavy atom. The van der Waals surface area contributed by atoms with Gasteiger partial charge in [-0.25, -0.2) is 0 Å². The third-order valence-corrected chi connectivity index (χ3v) is 5.44. The summed E-state index contributed by atoms with van der Waals surface area (Å²) in [6, 6.07) is 18.4. The summed E-state index contributed by atoms with van der Waals surface area (Å²) >= 11 is 0. The highest BCUT2D eigenvalue weighted by Crippen LogP contribution is 2.18. The summed E-state index contributed by atoms with van der Waals surface area (Å²) in [5.41, 5.74) is 3.27. The highest BCUT2D eigenvalue weighted by atomic mass is 16.1. The molecule has 2 aromatic rings. The number of likely N-dealkylation sites (tertiary alicyclic amines) is 1. The minimum Gasteiger partial charge on any atom is -0.351 e. The molecule has 0 bridgehead atoms. The number of nitrogens with one attached hydrogen (secondary N) is 1. The van der Waals surface area contributed by atoms with Crippen LogP contribution in [0, 0.1) is 5.92 Å². The molecule has 2 aromatic carbocycles. The lowest BCUT2D eigenvalue weighted by Gasteiger charge is -2.30. The fourth-order valence-electron chi connectivity index (χ4n) is 3.49. The van der Waals surface area contributed by atoms with Crippen LogP contribution in [0.5, 0.6) is 0 Å². The third-order valence-electron chi connectivity index (χ3n) is 5.44. The van der Waals surface area contributed by atoms with Crippen LogP contribution in [0.2, 0.25) is 0 Å². The first-order valence-electron chi connectivity index (χ1n) is 9.76. The fraction of sp³-hybridized carbons (Fsp3) is 0.435. The topological polar surface area (TPSA) is 32.3 Å². The molecule has 0 spiro atoms. The molecule has 0 radical (unpaired) electrons. The van der Waals surface area contributed by atoms with Crippen LogP contribution >= 0.6 is 0 Å². The van der Waals surface area contributed by atoms with Gasteiger partial charge in [0.25, 0.3) is 5.91 Å². The standard InChI is InChI=1S/C23H30N2O/c1-18-12-14-25(15-13-18)17-20-8-10-22(11-9-20)23(26)24-16-19(2)21-6-4-3-5-7-21/h3-11,18-19H,12-17H2,1-2H3,(H,24,26). The average molecular weight is 351 g/mol. The van der Waals surface area contributed by atoms with Gasteiger partial charge in [-0.2, -0.15) is 0 Å². The first-order valence-corrected chi connectivity index (χ1v) is 9.76. The number of carbonyl (C=O) groups is 1. The van der Waals surface area contributed by atoms with Crippen LogP contribution in [0.15, 0.2) is 54.6 Å². The van der Waals surface area contributed by atoms with E-state index < -0.39 is 0 Å². The van der Waals surface area contributed by atoms with Crippen LogP contribution in [0.3, 0.4) is 0 Å². The molecule has 138 valence electrons. The summed E-state index contributed by atoms with van der Waals surface area (Å²) in [4.78, 5) is 14.9. The van der Waals surface area contributed by atoms with E-state index >= 15 is 0 Å². The Hall–Kier alpha value is -2.13. The third kappa shape index (κ3) is 5.18. The minimum atomic E-state index is 0.00567. The lowest BCUT2D eigenvalue weighted by Crippen LogP contribution is -2.32. The van der Waals surface area contributed by atoms with Gasteiger partial charge in [-0.3, -0.25) is 9.69 Å². The van der Waals surface area contributed by atoms with Gasteiger partial charge < -0.3 is 5.32 Å². The van der Waals surface area contributed by atoms with Gasteiger partial charge in [0.05, 0.1) is 0 Å². The molecule has 1 fully saturated rings. The smallest absolute Gasteiger partial charge is 0.251 e. The maximum Gasteiger partial charge on any atom is 0.251 e. The summed E-state index contributed by atoms with van der Waals surface area (Å²) in [7, 11) is 0. The number of hydrogen-bond donors (Lipinski definition) is 1. The fourth-order valence-corrected chi connectivity index (χ4v) is 3.49. The van der Waals surface area contributed by atoms with Crippen LogP contribution < -0.4 is 5.32 Å². The second-order valence-electron chi connectivity index (χ2n) is 7.68. The molecule has 1 aliphatic heterocycles. The van der Waals surface area contributed by atoms with E-state index in [1.54, 1.807) is 0 Å². The van der Waals surface area contributed by atoms with Gasteiger partial charge in [0.2, 0.25) is 0 Å². The Bertz CT molecular complexity index is 688. The molecule has 1 amide bonds. The Balaban J connectivity index is 1.49. The maximum absolute atomic E-state index is 12.4. The summed E-state index contributed by atoms with van der Waals surface area (Å²) in [6.45, 7) is 8.47. The molecule has 0 aliphatic carbocycles. The van der Waals surface area contributed by atoms with Crippen molar-refractivity contribution in [1.82, 2.24) is 10.2 Å². The van der Waals surface area contributed by atoms with Crippen molar-refractivity contribution in [1.29, 1.82) is 0 Å². The van der Waals surface area contributed by atoms with Gasteiger partial charge in [-0.05, 0) is 61.0 Å². The first kappa shape index (κ1) is 18.7. The quantitative estimate of drug-likeness (QED) is 0.835. The molecule has 1 unspecified atom stereocenters. The predicted octanol–water partition coefficient (Wildman–Crippen LogP) is 4.45. The largest absolute Gasteiger partial charge is 0.351 e. The van der Waals surface area contributed by atoms with Crippen molar-refractivity contribution in [2.24, 2.45) is 5.92 Å². The summed E-state index contributed by atoms with van der Waals surface area (Å²) in [6.07, 6.45) is 2.58. The molecule has 3 rings (SSSR count). The van der Waals surface area contributed by atoms with Gasteiger partial charge in [-0.1, -0.05) is 56.3 Å². The Morgan fingerprint density at radius 2 is 1.73 bits per heavy atom. The highest BCUT2D eigenvalue weighted by Gasteiger charge is 2.16. The number of rotatable bonds is 6. The number of piperidine rings is 1. The van der Waals surface area contributed by atoms with Crippen LogP contribution in [0.4, 0.5) is 0 Å². The van der Waals surface area contributed by atoms with E-state index in [0.29, 0.717) is 12.5 Å². The van der Waals surface area contributed by atoms with E-state index in [2.05, 4.69) is 48.3 Å². The number of amides is 1. The van der Waals surface area contributed by atoms with E-state index in [0.717, 1.165) is 18.0 Å². The zero-order valence-electron chi connectivity index (χ0n) is 15.9. The molecule has 0 saturated carbocycles. The second kappa shape index (κ2) is 9.00. The van der Waals surface area contributed by atoms with Gasteiger partial charge in [0.15, 0.2) is 0 Å². The highest BCUT2D eigenvalue weighted by molar-refractivity contribution is 5.94. The molecule has 0 aromatic heterocycles. The zero-order valence-corrected chi connectivity index (χ0v) is 15.9. The molecular weight excluding hydrogens is 320 g/mol. The second-order valence-corrected chi connectivity index (χ2v) is 7.68. The molecule has 1 saturated heterocycles. The lowest BCUT2D eigenvalue weighted by atomic mass is 9.99. The predicted molar refractivity (Wildman–Crippen MR) is 107 cm³/mol. The van der Waals surface area contributed by atoms with Crippen molar-refractivity contribution < 1.29 is 4.79 Å². The molecule has 26 heavy (non-hydrogen) atoms. The number of hydrogen-bond acceptors (Lipinski definition) is 2. The molecule has 1 N–H and O–H groups in total. The van der Waals surface area contributed by atoms with Crippen molar-refractivity contribution in [2.75, 3.05) is 19.6 Å². The SMILES string of the molecule is CC1CCN(Cc2ccc(C(=O)NCC(C)c3ccccc3)cc2)CC1. The van der Waals surface area contributed by atoms with Crippen molar-refractivity contribution in [3.63, 3.8) is 0 Å². The van der Waals surface area contributed by atoms with Gasteiger partial charge in [-0.15, -0.1) is 0 Å². The Kier molecular flexibility index (Phi) is 6.45. The van der Waals surface area contributed by atoms with E-state index in [4.69, 9.17) is 0 Å². The van der Waals surface area contributed by atoms with Crippen molar-refractivity contribution in [3.05, 3.63) is 71.3 Å². The lowest BCUT2D eigenvalue weighted by molar-refractivity contribution is 0.0951. The number of benzene rings is 2. The van der Waals surface area contributed by atoms with E-state index in [9.17, 15) is 4.79 Å². The summed E-state index contributed by atoms with van der Waals surface area (Å²) in [5.74, 6) is 1.17. The van der Waals surface area contributed by atoms with Gasteiger partial charge in [0, 0.05) is 18.7 Å². The molecule has 1 heterocycles. The van der Waals surface area contributed by atoms with Crippen LogP contribution in [-0.2, 0) is 6.54 Å². The summed E-state index contributed by atoms with van der Waals surface area (Å²) < 4.78 is 0. The van der Waals surface area contributed by atoms with Gasteiger partial charge in [0.1, 0.15) is 0 Å². The minimum absolute atomic E-state index is 0.00567. The first-order chi connectivity index (χ1) is 12.6. The van der Waals surface area contributed by atoms with Crippen LogP contribution in [-0.4, -0.2) is 30.4 Å². The van der Waals surface area contributed by atoms with E-state index in [1.807, 2.05) is 30.3 Å². The molecule has 3 nitrogen and oxygen atoms in total. The normalized spacial score (nSPS) is 17.0.